The predicted molar refractivity (Wildman–Crippen MR) is 78.0 cm³/mol. The molecule has 3 rings (SSSR count). The van der Waals surface area contributed by atoms with Crippen molar-refractivity contribution >= 4 is 11.0 Å². The number of benzene rings is 1. The second-order valence-electron chi connectivity index (χ2n) is 4.67. The Balaban J connectivity index is 2.03. The first-order valence-corrected chi connectivity index (χ1v) is 6.50. The molecule has 0 saturated heterocycles. The van der Waals surface area contributed by atoms with Crippen molar-refractivity contribution in [2.24, 2.45) is 0 Å². The van der Waals surface area contributed by atoms with Gasteiger partial charge in [0.2, 0.25) is 0 Å². The van der Waals surface area contributed by atoms with E-state index in [1.807, 2.05) is 25.4 Å². The highest BCUT2D eigenvalue weighted by Crippen LogP contribution is 2.20. The van der Waals surface area contributed by atoms with Gasteiger partial charge in [0.25, 0.3) is 0 Å². The fourth-order valence-corrected chi connectivity index (χ4v) is 2.43. The minimum atomic E-state index is 0.859. The fourth-order valence-electron chi connectivity index (χ4n) is 2.43. The third-order valence-corrected chi connectivity index (χ3v) is 3.28. The molecule has 0 saturated carbocycles. The Morgan fingerprint density at radius 1 is 1.11 bits per heavy atom. The highest BCUT2D eigenvalue weighted by molar-refractivity contribution is 5.80. The topological polar surface area (TPSA) is 29.9 Å². The van der Waals surface area contributed by atoms with Crippen LogP contribution in [0.15, 0.2) is 54.9 Å². The lowest BCUT2D eigenvalue weighted by Gasteiger charge is -2.04. The second-order valence-corrected chi connectivity index (χ2v) is 4.67. The number of aromatic nitrogens is 2. The summed E-state index contributed by atoms with van der Waals surface area (Å²) in [5, 5.41) is 4.44. The summed E-state index contributed by atoms with van der Waals surface area (Å²) in [6.45, 7) is 1.72. The van der Waals surface area contributed by atoms with Gasteiger partial charge >= 0.3 is 0 Å². The Morgan fingerprint density at radius 2 is 1.95 bits per heavy atom. The third-order valence-electron chi connectivity index (χ3n) is 3.28. The molecule has 0 atom stereocenters. The molecule has 0 spiro atoms. The van der Waals surface area contributed by atoms with Gasteiger partial charge < -0.3 is 9.88 Å². The lowest BCUT2D eigenvalue weighted by molar-refractivity contribution is 0.791. The Bertz CT molecular complexity index is 671. The second kappa shape index (κ2) is 5.24. The molecule has 0 aliphatic carbocycles. The lowest BCUT2D eigenvalue weighted by atomic mass is 10.2. The normalized spacial score (nSPS) is 11.0. The van der Waals surface area contributed by atoms with Gasteiger partial charge in [0, 0.05) is 30.9 Å². The van der Waals surface area contributed by atoms with E-state index in [0.29, 0.717) is 0 Å². The molecule has 2 aromatic heterocycles. The van der Waals surface area contributed by atoms with Gasteiger partial charge in [-0.05, 0) is 30.3 Å². The first kappa shape index (κ1) is 11.9. The molecule has 0 aliphatic rings. The number of hydrogen-bond donors (Lipinski definition) is 1. The van der Waals surface area contributed by atoms with Crippen LogP contribution in [0.2, 0.25) is 0 Å². The smallest absolute Gasteiger partial charge is 0.140 e. The average molecular weight is 251 g/mol. The lowest BCUT2D eigenvalue weighted by Crippen LogP contribution is -2.04. The molecule has 0 unspecified atom stereocenters. The van der Waals surface area contributed by atoms with Crippen molar-refractivity contribution in [2.45, 2.75) is 13.1 Å². The standard InChI is InChI=1S/C16H17N3/c1-17-10-14-12-19(11-13-6-3-2-4-7-13)16-15(14)8-5-9-18-16/h2-9,12,17H,10-11H2,1H3. The van der Waals surface area contributed by atoms with Crippen molar-refractivity contribution in [3.63, 3.8) is 0 Å². The van der Waals surface area contributed by atoms with Crippen molar-refractivity contribution in [3.05, 3.63) is 66.0 Å². The van der Waals surface area contributed by atoms with Crippen molar-refractivity contribution in [3.8, 4) is 0 Å². The molecule has 0 aliphatic heterocycles. The maximum atomic E-state index is 4.52. The van der Waals surface area contributed by atoms with Gasteiger partial charge in [-0.1, -0.05) is 30.3 Å². The van der Waals surface area contributed by atoms with E-state index in [1.165, 1.54) is 16.5 Å². The minimum absolute atomic E-state index is 0.859. The van der Waals surface area contributed by atoms with Crippen LogP contribution >= 0.6 is 0 Å². The van der Waals surface area contributed by atoms with Gasteiger partial charge in [-0.15, -0.1) is 0 Å². The first-order valence-electron chi connectivity index (χ1n) is 6.50. The van der Waals surface area contributed by atoms with E-state index in [4.69, 9.17) is 0 Å². The first-order chi connectivity index (χ1) is 9.38. The average Bonchev–Trinajstić information content (AvgIpc) is 2.79. The molecule has 3 heteroatoms. The van der Waals surface area contributed by atoms with Gasteiger partial charge in [0.1, 0.15) is 5.65 Å². The molecule has 1 N–H and O–H groups in total. The number of fused-ring (bicyclic) bond motifs is 1. The van der Waals surface area contributed by atoms with Crippen LogP contribution in [-0.2, 0) is 13.1 Å². The summed E-state index contributed by atoms with van der Waals surface area (Å²) in [6.07, 6.45) is 4.05. The van der Waals surface area contributed by atoms with E-state index in [1.54, 1.807) is 0 Å². The zero-order valence-corrected chi connectivity index (χ0v) is 11.0. The molecule has 19 heavy (non-hydrogen) atoms. The summed E-state index contributed by atoms with van der Waals surface area (Å²) in [5.41, 5.74) is 3.64. The van der Waals surface area contributed by atoms with Crippen molar-refractivity contribution in [1.82, 2.24) is 14.9 Å². The van der Waals surface area contributed by atoms with Crippen LogP contribution in [0.4, 0.5) is 0 Å². The highest BCUT2D eigenvalue weighted by Gasteiger charge is 2.08. The van der Waals surface area contributed by atoms with E-state index in [-0.39, 0.29) is 0 Å². The molecule has 1 aromatic carbocycles. The number of hydrogen-bond acceptors (Lipinski definition) is 2. The Hall–Kier alpha value is -2.13. The molecule has 96 valence electrons. The molecule has 0 radical (unpaired) electrons. The molecule has 0 fully saturated rings. The van der Waals surface area contributed by atoms with E-state index in [2.05, 4.69) is 51.4 Å². The van der Waals surface area contributed by atoms with Crippen molar-refractivity contribution in [2.75, 3.05) is 7.05 Å². The van der Waals surface area contributed by atoms with Gasteiger partial charge in [-0.2, -0.15) is 0 Å². The van der Waals surface area contributed by atoms with Crippen LogP contribution < -0.4 is 5.32 Å². The molecular weight excluding hydrogens is 234 g/mol. The SMILES string of the molecule is CNCc1cn(Cc2ccccc2)c2ncccc12. The summed E-state index contributed by atoms with van der Waals surface area (Å²) in [6, 6.07) is 14.6. The molecule has 0 amide bonds. The number of nitrogens with one attached hydrogen (secondary N) is 1. The fraction of sp³-hybridized carbons (Fsp3) is 0.188. The molecular formula is C16H17N3. The van der Waals surface area contributed by atoms with E-state index < -0.39 is 0 Å². The zero-order chi connectivity index (χ0) is 13.1. The largest absolute Gasteiger partial charge is 0.328 e. The van der Waals surface area contributed by atoms with Gasteiger partial charge in [-0.25, -0.2) is 4.98 Å². The Labute approximate surface area is 112 Å². The Kier molecular flexibility index (Phi) is 3.29. The highest BCUT2D eigenvalue weighted by atomic mass is 15.0. The maximum Gasteiger partial charge on any atom is 0.140 e. The molecule has 3 nitrogen and oxygen atoms in total. The van der Waals surface area contributed by atoms with Crippen molar-refractivity contribution < 1.29 is 0 Å². The van der Waals surface area contributed by atoms with Crippen LogP contribution in [0.25, 0.3) is 11.0 Å². The minimum Gasteiger partial charge on any atom is -0.328 e. The summed E-state index contributed by atoms with van der Waals surface area (Å²) >= 11 is 0. The van der Waals surface area contributed by atoms with Crippen LogP contribution in [0.3, 0.4) is 0 Å². The molecule has 2 heterocycles. The van der Waals surface area contributed by atoms with Crippen LogP contribution in [0, 0.1) is 0 Å². The van der Waals surface area contributed by atoms with Gasteiger partial charge in [-0.3, -0.25) is 0 Å². The van der Waals surface area contributed by atoms with Gasteiger partial charge in [0.05, 0.1) is 0 Å². The summed E-state index contributed by atoms with van der Waals surface area (Å²) < 4.78 is 2.22. The van der Waals surface area contributed by atoms with Crippen LogP contribution in [-0.4, -0.2) is 16.6 Å². The van der Waals surface area contributed by atoms with Crippen LogP contribution in [0.1, 0.15) is 11.1 Å². The van der Waals surface area contributed by atoms with E-state index in [0.717, 1.165) is 18.7 Å². The predicted octanol–water partition coefficient (Wildman–Crippen LogP) is 2.80. The van der Waals surface area contributed by atoms with Crippen LogP contribution in [0.5, 0.6) is 0 Å². The van der Waals surface area contributed by atoms with Gasteiger partial charge in [0.15, 0.2) is 0 Å². The monoisotopic (exact) mass is 251 g/mol. The van der Waals surface area contributed by atoms with E-state index >= 15 is 0 Å². The Morgan fingerprint density at radius 3 is 2.74 bits per heavy atom. The molecule has 0 bridgehead atoms. The number of rotatable bonds is 4. The summed E-state index contributed by atoms with van der Waals surface area (Å²) in [4.78, 5) is 4.52. The summed E-state index contributed by atoms with van der Waals surface area (Å²) in [5.74, 6) is 0. The summed E-state index contributed by atoms with van der Waals surface area (Å²) in [7, 11) is 1.97. The van der Waals surface area contributed by atoms with Crippen molar-refractivity contribution in [1.29, 1.82) is 0 Å². The number of nitrogens with zero attached hydrogens (tertiary/aromatic N) is 2. The third kappa shape index (κ3) is 2.37. The van der Waals surface area contributed by atoms with E-state index in [9.17, 15) is 0 Å². The molecule has 3 aromatic rings. The zero-order valence-electron chi connectivity index (χ0n) is 11.0. The maximum absolute atomic E-state index is 4.52. The number of pyridine rings is 1. The quantitative estimate of drug-likeness (QED) is 0.772.